The molecule has 4 saturated carbocycles. The molecule has 0 aromatic rings. The molecule has 0 aromatic heterocycles. The number of fused-ring (bicyclic) bond motifs is 7. The highest BCUT2D eigenvalue weighted by atomic mass is 16.3. The molecule has 0 amide bonds. The number of aliphatic hydroxyl groups excluding tert-OH is 1. The molecule has 0 aromatic carbocycles. The summed E-state index contributed by atoms with van der Waals surface area (Å²) in [6, 6.07) is 0. The maximum Gasteiger partial charge on any atom is 0.0723 e. The molecule has 2 heteroatoms. The zero-order valence-corrected chi connectivity index (χ0v) is 18.7. The van der Waals surface area contributed by atoms with Gasteiger partial charge in [0.1, 0.15) is 0 Å². The van der Waals surface area contributed by atoms with Crippen LogP contribution >= 0.6 is 0 Å². The second-order valence-corrected chi connectivity index (χ2v) is 11.3. The molecule has 2 nitrogen and oxygen atoms in total. The Morgan fingerprint density at radius 3 is 2.64 bits per heavy atom. The molecule has 28 heavy (non-hydrogen) atoms. The third kappa shape index (κ3) is 2.22. The maximum atomic E-state index is 10.3. The summed E-state index contributed by atoms with van der Waals surface area (Å²) in [6.45, 7) is 10.0. The Morgan fingerprint density at radius 2 is 1.96 bits per heavy atom. The molecule has 1 N–H and O–H groups in total. The van der Waals surface area contributed by atoms with Crippen molar-refractivity contribution in [1.82, 2.24) is 0 Å². The lowest BCUT2D eigenvalue weighted by Crippen LogP contribution is -2.55. The molecule has 0 spiro atoms. The van der Waals surface area contributed by atoms with Crippen LogP contribution in [0.5, 0.6) is 0 Å². The van der Waals surface area contributed by atoms with Gasteiger partial charge in [0.25, 0.3) is 0 Å². The second kappa shape index (κ2) is 6.43. The zero-order valence-electron chi connectivity index (χ0n) is 18.7. The van der Waals surface area contributed by atoms with E-state index in [0.29, 0.717) is 10.8 Å². The Bertz CT molecular complexity index is 697. The first-order chi connectivity index (χ1) is 13.4. The van der Waals surface area contributed by atoms with Crippen molar-refractivity contribution < 1.29 is 5.11 Å². The number of hydrogen-bond acceptors (Lipinski definition) is 2. The molecule has 11 atom stereocenters. The third-order valence-corrected chi connectivity index (χ3v) is 10.9. The van der Waals surface area contributed by atoms with Crippen molar-refractivity contribution >= 4 is 6.21 Å². The number of aliphatic hydroxyl groups is 1. The van der Waals surface area contributed by atoms with Crippen LogP contribution in [0.3, 0.4) is 0 Å². The Balaban J connectivity index is 1.59. The van der Waals surface area contributed by atoms with Crippen LogP contribution in [0.4, 0.5) is 0 Å². The molecule has 1 unspecified atom stereocenters. The van der Waals surface area contributed by atoms with Gasteiger partial charge >= 0.3 is 0 Å². The normalized spacial score (nSPS) is 57.2. The second-order valence-electron chi connectivity index (χ2n) is 11.3. The molecular weight excluding hydrogens is 342 g/mol. The molecule has 0 aliphatic heterocycles. The van der Waals surface area contributed by atoms with E-state index in [1.807, 2.05) is 7.05 Å². The molecule has 0 heterocycles. The van der Waals surface area contributed by atoms with Crippen LogP contribution in [0.1, 0.15) is 72.6 Å². The van der Waals surface area contributed by atoms with E-state index in [-0.39, 0.29) is 6.10 Å². The average Bonchev–Trinajstić information content (AvgIpc) is 3.29. The predicted molar refractivity (Wildman–Crippen MR) is 116 cm³/mol. The van der Waals surface area contributed by atoms with E-state index >= 15 is 0 Å². The van der Waals surface area contributed by atoms with E-state index in [1.54, 1.807) is 5.57 Å². The number of allylic oxidation sites excluding steroid dienone is 1. The molecule has 156 valence electrons. The van der Waals surface area contributed by atoms with Crippen LogP contribution in [0.15, 0.2) is 16.6 Å². The summed E-state index contributed by atoms with van der Waals surface area (Å²) in [6.07, 6.45) is 13.4. The van der Waals surface area contributed by atoms with Crippen molar-refractivity contribution in [3.8, 4) is 0 Å². The van der Waals surface area contributed by atoms with Crippen molar-refractivity contribution in [3.05, 3.63) is 11.6 Å². The van der Waals surface area contributed by atoms with E-state index in [9.17, 15) is 5.11 Å². The summed E-state index contributed by atoms with van der Waals surface area (Å²) in [7, 11) is 2.00. The van der Waals surface area contributed by atoms with Gasteiger partial charge in [0, 0.05) is 18.7 Å². The van der Waals surface area contributed by atoms with Crippen LogP contribution in [-0.4, -0.2) is 24.5 Å². The quantitative estimate of drug-likeness (QED) is 0.488. The fourth-order valence-corrected chi connectivity index (χ4v) is 9.94. The van der Waals surface area contributed by atoms with Gasteiger partial charge in [-0.3, -0.25) is 0 Å². The van der Waals surface area contributed by atoms with Crippen molar-refractivity contribution in [2.24, 2.45) is 63.2 Å². The fraction of sp³-hybridized carbons (Fsp3) is 0.885. The van der Waals surface area contributed by atoms with E-state index in [1.165, 1.54) is 38.5 Å². The Kier molecular flexibility index (Phi) is 4.44. The van der Waals surface area contributed by atoms with Gasteiger partial charge in [0.05, 0.1) is 6.10 Å². The van der Waals surface area contributed by atoms with E-state index < -0.39 is 0 Å². The highest BCUT2D eigenvalue weighted by Crippen LogP contribution is 2.81. The van der Waals surface area contributed by atoms with Crippen LogP contribution in [0.25, 0.3) is 0 Å². The molecule has 5 aliphatic rings. The summed E-state index contributed by atoms with van der Waals surface area (Å²) in [4.78, 5) is 4.64. The van der Waals surface area contributed by atoms with Gasteiger partial charge in [-0.1, -0.05) is 45.8 Å². The number of aliphatic imine (C=N–C) groups is 1. The smallest absolute Gasteiger partial charge is 0.0723 e. The lowest BCUT2D eigenvalue weighted by atomic mass is 9.43. The summed E-state index contributed by atoms with van der Waals surface area (Å²) < 4.78 is 0. The van der Waals surface area contributed by atoms with Crippen molar-refractivity contribution in [1.29, 1.82) is 0 Å². The molecule has 4 fully saturated rings. The van der Waals surface area contributed by atoms with E-state index in [4.69, 9.17) is 0 Å². The Morgan fingerprint density at radius 1 is 1.18 bits per heavy atom. The summed E-state index contributed by atoms with van der Waals surface area (Å²) in [5.74, 6) is 6.95. The minimum Gasteiger partial charge on any atom is -0.389 e. The summed E-state index contributed by atoms with van der Waals surface area (Å²) >= 11 is 0. The van der Waals surface area contributed by atoms with Gasteiger partial charge < -0.3 is 10.1 Å². The number of hydrogen-bond donors (Lipinski definition) is 1. The van der Waals surface area contributed by atoms with Gasteiger partial charge in [-0.05, 0) is 91.3 Å². The van der Waals surface area contributed by atoms with Crippen LogP contribution < -0.4 is 0 Å². The fourth-order valence-electron chi connectivity index (χ4n) is 9.94. The Hall–Kier alpha value is -0.630. The average molecular weight is 384 g/mol. The first-order valence-corrected chi connectivity index (χ1v) is 12.3. The molecule has 0 radical (unpaired) electrons. The summed E-state index contributed by atoms with van der Waals surface area (Å²) in [5.41, 5.74) is 2.40. The maximum absolute atomic E-state index is 10.3. The highest BCUT2D eigenvalue weighted by molar-refractivity contribution is 5.70. The molecule has 0 saturated heterocycles. The minimum absolute atomic E-state index is 0.179. The summed E-state index contributed by atoms with van der Waals surface area (Å²) in [5, 5.41) is 10.3. The largest absolute Gasteiger partial charge is 0.389 e. The zero-order chi connectivity index (χ0) is 19.8. The number of nitrogens with zero attached hydrogens (tertiary/aromatic N) is 1. The highest BCUT2D eigenvalue weighted by Gasteiger charge is 2.78. The standard InChI is InChI=1S/C26H41NO/c1-6-16-12-17-13-18(28)8-9-19(17)20-10-11-26(7-2)24(22(16)20)21-15(3)23(21)25(26,4)14-27-5/h13-16,18-24,28H,6-12H2,1-5H3/t15-,16-,18?,19-,20+,21+,22+,23-,24-,25-,26-/m0/s1. The lowest BCUT2D eigenvalue weighted by Gasteiger charge is -2.61. The third-order valence-electron chi connectivity index (χ3n) is 10.9. The predicted octanol–water partition coefficient (Wildman–Crippen LogP) is 5.76. The van der Waals surface area contributed by atoms with Crippen LogP contribution in [0.2, 0.25) is 0 Å². The SMILES string of the molecule is CC[C@H]1CC2=CC(O)CC[C@@H]2[C@H]2CC[C@@]3(CC)[C@H]([C@H]12)[C@@H]1[C@H](C)[C@@H]1[C@]3(C)C=NC. The Labute approximate surface area is 172 Å². The molecule has 0 bridgehead atoms. The van der Waals surface area contributed by atoms with Gasteiger partial charge in [-0.25, -0.2) is 0 Å². The molecular formula is C26H41NO. The van der Waals surface area contributed by atoms with Gasteiger partial charge in [0.15, 0.2) is 0 Å². The van der Waals surface area contributed by atoms with E-state index in [2.05, 4.69) is 45.0 Å². The monoisotopic (exact) mass is 383 g/mol. The lowest BCUT2D eigenvalue weighted by molar-refractivity contribution is -0.0943. The van der Waals surface area contributed by atoms with Crippen molar-refractivity contribution in [2.75, 3.05) is 7.05 Å². The minimum atomic E-state index is -0.179. The number of rotatable bonds is 3. The van der Waals surface area contributed by atoms with Crippen LogP contribution in [-0.2, 0) is 0 Å². The first-order valence-electron chi connectivity index (χ1n) is 12.3. The van der Waals surface area contributed by atoms with Gasteiger partial charge in [0.2, 0.25) is 0 Å². The molecule has 5 aliphatic carbocycles. The van der Waals surface area contributed by atoms with Crippen LogP contribution in [0, 0.1) is 58.2 Å². The van der Waals surface area contributed by atoms with E-state index in [0.717, 1.165) is 53.8 Å². The molecule has 5 rings (SSSR count). The topological polar surface area (TPSA) is 32.6 Å². The van der Waals surface area contributed by atoms with Crippen molar-refractivity contribution in [3.63, 3.8) is 0 Å². The van der Waals surface area contributed by atoms with Gasteiger partial charge in [-0.2, -0.15) is 0 Å². The van der Waals surface area contributed by atoms with Gasteiger partial charge in [-0.15, -0.1) is 0 Å². The first kappa shape index (κ1) is 19.3. The van der Waals surface area contributed by atoms with Crippen molar-refractivity contribution in [2.45, 2.75) is 78.7 Å².